The normalized spacial score (nSPS) is 14.3. The Labute approximate surface area is 229 Å². The van der Waals surface area contributed by atoms with Crippen molar-refractivity contribution in [3.8, 4) is 5.75 Å². The molecule has 0 aliphatic carbocycles. The van der Waals surface area contributed by atoms with Crippen LogP contribution in [-0.2, 0) is 16.7 Å². The molecule has 1 fully saturated rings. The number of urea groups is 1. The molecule has 4 aromatic rings. The number of carbonyl (C=O) groups is 1. The molecule has 1 aromatic heterocycles. The number of amides is 2. The minimum Gasteiger partial charge on any atom is -0.492 e. The van der Waals surface area contributed by atoms with Crippen LogP contribution >= 0.6 is 0 Å². The van der Waals surface area contributed by atoms with Crippen molar-refractivity contribution in [3.05, 3.63) is 84.1 Å². The lowest BCUT2D eigenvalue weighted by molar-refractivity contribution is 0.0323. The molecule has 204 valence electrons. The van der Waals surface area contributed by atoms with Crippen molar-refractivity contribution in [2.24, 2.45) is 0 Å². The Morgan fingerprint density at radius 3 is 2.41 bits per heavy atom. The number of morpholine rings is 1. The quantitative estimate of drug-likeness (QED) is 0.306. The minimum absolute atomic E-state index is 0.150. The predicted molar refractivity (Wildman–Crippen MR) is 156 cm³/mol. The fourth-order valence-electron chi connectivity index (χ4n) is 4.65. The van der Waals surface area contributed by atoms with Crippen molar-refractivity contribution >= 4 is 28.3 Å². The number of nitrogens with one attached hydrogen (secondary N) is 2. The van der Waals surface area contributed by atoms with Crippen LogP contribution in [-0.4, -0.2) is 60.2 Å². The van der Waals surface area contributed by atoms with Crippen LogP contribution in [0.15, 0.2) is 72.8 Å². The molecule has 8 nitrogen and oxygen atoms in total. The van der Waals surface area contributed by atoms with Crippen LogP contribution in [0.3, 0.4) is 0 Å². The van der Waals surface area contributed by atoms with E-state index in [4.69, 9.17) is 14.6 Å². The summed E-state index contributed by atoms with van der Waals surface area (Å²) in [4.78, 5) is 15.6. The highest BCUT2D eigenvalue weighted by atomic mass is 16.5. The van der Waals surface area contributed by atoms with Gasteiger partial charge < -0.3 is 14.8 Å². The van der Waals surface area contributed by atoms with Gasteiger partial charge in [-0.3, -0.25) is 10.2 Å². The molecule has 1 aliphatic rings. The molecule has 5 rings (SSSR count). The highest BCUT2D eigenvalue weighted by molar-refractivity contribution is 6.07. The Hall–Kier alpha value is -3.88. The first-order valence-electron chi connectivity index (χ1n) is 13.5. The second-order valence-corrected chi connectivity index (χ2v) is 10.8. The third-order valence-electron chi connectivity index (χ3n) is 6.87. The van der Waals surface area contributed by atoms with Crippen LogP contribution in [0.1, 0.15) is 32.0 Å². The van der Waals surface area contributed by atoms with Gasteiger partial charge in [-0.05, 0) is 17.7 Å². The van der Waals surface area contributed by atoms with E-state index in [0.29, 0.717) is 24.7 Å². The van der Waals surface area contributed by atoms with Gasteiger partial charge in [0.2, 0.25) is 0 Å². The van der Waals surface area contributed by atoms with Gasteiger partial charge in [0.1, 0.15) is 18.2 Å². The Balaban J connectivity index is 1.30. The molecular weight excluding hydrogens is 490 g/mol. The molecular formula is C31H37N5O3. The lowest BCUT2D eigenvalue weighted by Gasteiger charge is -2.26. The maximum Gasteiger partial charge on any atom is 0.324 e. The summed E-state index contributed by atoms with van der Waals surface area (Å²) in [6.07, 6.45) is 0. The first-order chi connectivity index (χ1) is 18.9. The topological polar surface area (TPSA) is 80.6 Å². The van der Waals surface area contributed by atoms with Gasteiger partial charge in [0, 0.05) is 41.9 Å². The number of ether oxygens (including phenoxy) is 2. The summed E-state index contributed by atoms with van der Waals surface area (Å²) in [5.41, 5.74) is 2.59. The van der Waals surface area contributed by atoms with Crippen molar-refractivity contribution in [2.45, 2.75) is 32.7 Å². The fraction of sp³-hybridized carbons (Fsp3) is 0.355. The number of anilines is 2. The van der Waals surface area contributed by atoms with E-state index in [-0.39, 0.29) is 11.4 Å². The molecule has 8 heteroatoms. The number of carbonyl (C=O) groups excluding carboxylic acids is 1. The number of aromatic nitrogens is 2. The molecule has 0 spiro atoms. The maximum atomic E-state index is 13.2. The van der Waals surface area contributed by atoms with Gasteiger partial charge in [-0.15, -0.1) is 0 Å². The summed E-state index contributed by atoms with van der Waals surface area (Å²) in [6.45, 7) is 11.8. The molecule has 0 atom stereocenters. The molecule has 1 aliphatic heterocycles. The molecule has 2 N–H and O–H groups in total. The zero-order valence-electron chi connectivity index (χ0n) is 22.9. The average Bonchev–Trinajstić information content (AvgIpc) is 3.33. The van der Waals surface area contributed by atoms with Crippen molar-refractivity contribution in [2.75, 3.05) is 50.1 Å². The first-order valence-corrected chi connectivity index (χ1v) is 13.5. The first kappa shape index (κ1) is 26.7. The van der Waals surface area contributed by atoms with E-state index in [1.165, 1.54) is 0 Å². The van der Waals surface area contributed by atoms with Gasteiger partial charge in [-0.2, -0.15) is 5.10 Å². The molecule has 3 aromatic carbocycles. The van der Waals surface area contributed by atoms with Crippen LogP contribution in [0.2, 0.25) is 0 Å². The Morgan fingerprint density at radius 1 is 0.949 bits per heavy atom. The van der Waals surface area contributed by atoms with Gasteiger partial charge in [-0.1, -0.05) is 75.4 Å². The van der Waals surface area contributed by atoms with Crippen LogP contribution in [0.4, 0.5) is 16.3 Å². The van der Waals surface area contributed by atoms with E-state index in [2.05, 4.69) is 48.4 Å². The van der Waals surface area contributed by atoms with Crippen molar-refractivity contribution in [1.82, 2.24) is 14.7 Å². The van der Waals surface area contributed by atoms with Crippen LogP contribution in [0.5, 0.6) is 5.75 Å². The maximum absolute atomic E-state index is 13.2. The number of hydrogen-bond acceptors (Lipinski definition) is 5. The molecule has 2 heterocycles. The molecule has 0 unspecified atom stereocenters. The Kier molecular flexibility index (Phi) is 8.14. The van der Waals surface area contributed by atoms with Gasteiger partial charge >= 0.3 is 6.03 Å². The molecule has 2 amide bonds. The third kappa shape index (κ3) is 6.77. The van der Waals surface area contributed by atoms with E-state index < -0.39 is 0 Å². The van der Waals surface area contributed by atoms with Gasteiger partial charge in [0.15, 0.2) is 0 Å². The van der Waals surface area contributed by atoms with Crippen LogP contribution in [0.25, 0.3) is 10.8 Å². The molecule has 0 saturated carbocycles. The van der Waals surface area contributed by atoms with Crippen molar-refractivity contribution in [3.63, 3.8) is 0 Å². The predicted octanol–water partition coefficient (Wildman–Crippen LogP) is 5.74. The van der Waals surface area contributed by atoms with Gasteiger partial charge in [0.25, 0.3) is 0 Å². The standard InChI is InChI=1S/C31H37N5O3/c1-31(2,3)28-21-29(36(34-28)22-23-9-5-4-6-10-23)33-30(37)32-26-13-14-27(25-12-8-7-11-24(25)26)39-20-17-35-15-18-38-19-16-35/h4-14,21H,15-20,22H2,1-3H3,(H2,32,33,37). The number of hydrogen-bond donors (Lipinski definition) is 2. The lowest BCUT2D eigenvalue weighted by Crippen LogP contribution is -2.38. The van der Waals surface area contributed by atoms with Crippen LogP contribution < -0.4 is 15.4 Å². The Morgan fingerprint density at radius 2 is 1.67 bits per heavy atom. The Bertz CT molecular complexity index is 1410. The summed E-state index contributed by atoms with van der Waals surface area (Å²) in [5.74, 6) is 1.45. The SMILES string of the molecule is CC(C)(C)c1cc(NC(=O)Nc2ccc(OCCN3CCOCC3)c3ccccc23)n(Cc2ccccc2)n1. The summed E-state index contributed by atoms with van der Waals surface area (Å²) in [6, 6.07) is 23.5. The summed E-state index contributed by atoms with van der Waals surface area (Å²) < 4.78 is 13.4. The highest BCUT2D eigenvalue weighted by Crippen LogP contribution is 2.32. The molecule has 0 bridgehead atoms. The van der Waals surface area contributed by atoms with E-state index in [1.807, 2.05) is 65.3 Å². The lowest BCUT2D eigenvalue weighted by atomic mass is 9.92. The second kappa shape index (κ2) is 11.9. The minimum atomic E-state index is -0.323. The smallest absolute Gasteiger partial charge is 0.324 e. The summed E-state index contributed by atoms with van der Waals surface area (Å²) in [7, 11) is 0. The highest BCUT2D eigenvalue weighted by Gasteiger charge is 2.21. The van der Waals surface area contributed by atoms with Gasteiger partial charge in [0.05, 0.1) is 31.1 Å². The zero-order chi connectivity index (χ0) is 27.2. The number of rotatable bonds is 8. The van der Waals surface area contributed by atoms with Gasteiger partial charge in [-0.25, -0.2) is 9.48 Å². The summed E-state index contributed by atoms with van der Waals surface area (Å²) in [5, 5.41) is 12.8. The van der Waals surface area contributed by atoms with E-state index in [1.54, 1.807) is 0 Å². The van der Waals surface area contributed by atoms with Crippen molar-refractivity contribution in [1.29, 1.82) is 0 Å². The van der Waals surface area contributed by atoms with Crippen LogP contribution in [0, 0.1) is 0 Å². The van der Waals surface area contributed by atoms with Crippen molar-refractivity contribution < 1.29 is 14.3 Å². The van der Waals surface area contributed by atoms with E-state index in [0.717, 1.165) is 60.6 Å². The summed E-state index contributed by atoms with van der Waals surface area (Å²) >= 11 is 0. The number of nitrogens with zero attached hydrogens (tertiary/aromatic N) is 3. The molecule has 1 saturated heterocycles. The fourth-order valence-corrected chi connectivity index (χ4v) is 4.65. The largest absolute Gasteiger partial charge is 0.492 e. The monoisotopic (exact) mass is 527 g/mol. The third-order valence-corrected chi connectivity index (χ3v) is 6.87. The molecule has 0 radical (unpaired) electrons. The number of fused-ring (bicyclic) bond motifs is 1. The second-order valence-electron chi connectivity index (χ2n) is 10.8. The van der Waals surface area contributed by atoms with E-state index >= 15 is 0 Å². The average molecular weight is 528 g/mol. The zero-order valence-corrected chi connectivity index (χ0v) is 22.9. The molecule has 39 heavy (non-hydrogen) atoms. The number of benzene rings is 3. The van der Waals surface area contributed by atoms with E-state index in [9.17, 15) is 4.79 Å².